The molecule has 1 N–H and O–H groups in total. The lowest BCUT2D eigenvalue weighted by molar-refractivity contribution is -0.484. The Morgan fingerprint density at radius 1 is 1.12 bits per heavy atom. The Hall–Kier alpha value is -3.22. The number of benzene rings is 2. The monoisotopic (exact) mass is 356 g/mol. The van der Waals surface area contributed by atoms with Gasteiger partial charge in [-0.1, -0.05) is 37.3 Å². The molecule has 0 heterocycles. The van der Waals surface area contributed by atoms with Crippen molar-refractivity contribution in [2.45, 2.75) is 12.8 Å². The zero-order valence-electron chi connectivity index (χ0n) is 14.5. The molecule has 2 aromatic carbocycles. The van der Waals surface area contributed by atoms with E-state index in [0.717, 1.165) is 0 Å². The molecular weight excluding hydrogens is 336 g/mol. The van der Waals surface area contributed by atoms with Gasteiger partial charge in [0.05, 0.1) is 13.0 Å². The quantitative estimate of drug-likeness (QED) is 0.445. The van der Waals surface area contributed by atoms with Crippen LogP contribution in [-0.2, 0) is 9.59 Å². The minimum Gasteiger partial charge on any atom is -0.497 e. The summed E-state index contributed by atoms with van der Waals surface area (Å²) in [6.07, 6.45) is 0. The van der Waals surface area contributed by atoms with Gasteiger partial charge in [-0.3, -0.25) is 19.7 Å². The number of nitrogens with zero attached hydrogens (tertiary/aromatic N) is 1. The first-order chi connectivity index (χ1) is 12.4. The molecule has 2 rings (SSSR count). The number of ketones is 1. The van der Waals surface area contributed by atoms with Crippen LogP contribution in [0.5, 0.6) is 5.75 Å². The van der Waals surface area contributed by atoms with Crippen LogP contribution in [0.1, 0.15) is 18.4 Å². The molecule has 0 aromatic heterocycles. The summed E-state index contributed by atoms with van der Waals surface area (Å²) < 4.78 is 5.08. The zero-order valence-corrected chi connectivity index (χ0v) is 14.5. The first kappa shape index (κ1) is 19.1. The Morgan fingerprint density at radius 3 is 2.27 bits per heavy atom. The van der Waals surface area contributed by atoms with E-state index in [0.29, 0.717) is 17.0 Å². The van der Waals surface area contributed by atoms with Crippen LogP contribution in [0.2, 0.25) is 0 Å². The maximum absolute atomic E-state index is 12.5. The Kier molecular flexibility index (Phi) is 6.43. The number of carbonyl (C=O) groups excluding carboxylic acids is 2. The van der Waals surface area contributed by atoms with E-state index in [9.17, 15) is 19.7 Å². The molecule has 1 amide bonds. The lowest BCUT2D eigenvalue weighted by Gasteiger charge is -2.20. The minimum atomic E-state index is -0.850. The average molecular weight is 356 g/mol. The molecule has 0 saturated carbocycles. The van der Waals surface area contributed by atoms with Crippen molar-refractivity contribution in [2.24, 2.45) is 5.92 Å². The molecule has 0 fully saturated rings. The highest BCUT2D eigenvalue weighted by Gasteiger charge is 2.33. The second-order valence-corrected chi connectivity index (χ2v) is 5.87. The third kappa shape index (κ3) is 4.89. The van der Waals surface area contributed by atoms with E-state index in [1.54, 1.807) is 54.6 Å². The summed E-state index contributed by atoms with van der Waals surface area (Å²) in [5.41, 5.74) is 1.10. The fourth-order valence-corrected chi connectivity index (χ4v) is 2.67. The standard InChI is InChI=1S/C19H20N2O5/c1-13(18(22)19(23)20-15-6-4-3-5-7-15)17(12-21(24)25)14-8-10-16(26-2)11-9-14/h3-11,13,17H,12H2,1-2H3,(H,20,23)/t13-,17+/m1/s1. The molecule has 0 bridgehead atoms. The molecule has 2 aromatic rings. The zero-order chi connectivity index (χ0) is 19.1. The van der Waals surface area contributed by atoms with Crippen LogP contribution in [0, 0.1) is 16.0 Å². The average Bonchev–Trinajstić information content (AvgIpc) is 2.65. The Labute approximate surface area is 151 Å². The molecule has 26 heavy (non-hydrogen) atoms. The summed E-state index contributed by atoms with van der Waals surface area (Å²) in [6, 6.07) is 15.3. The number of para-hydroxylation sites is 1. The fraction of sp³-hybridized carbons (Fsp3) is 0.263. The predicted molar refractivity (Wildman–Crippen MR) is 96.8 cm³/mol. The van der Waals surface area contributed by atoms with Crippen molar-refractivity contribution in [2.75, 3.05) is 19.0 Å². The van der Waals surface area contributed by atoms with Crippen molar-refractivity contribution in [3.63, 3.8) is 0 Å². The van der Waals surface area contributed by atoms with Crippen LogP contribution in [-0.4, -0.2) is 30.3 Å². The van der Waals surface area contributed by atoms with Crippen LogP contribution in [0.25, 0.3) is 0 Å². The molecule has 7 nitrogen and oxygen atoms in total. The summed E-state index contributed by atoms with van der Waals surface area (Å²) in [5.74, 6) is -2.45. The van der Waals surface area contributed by atoms with Gasteiger partial charge in [-0.2, -0.15) is 0 Å². The van der Waals surface area contributed by atoms with Gasteiger partial charge in [-0.05, 0) is 29.8 Å². The lowest BCUT2D eigenvalue weighted by Crippen LogP contribution is -2.33. The second kappa shape index (κ2) is 8.75. The fourth-order valence-electron chi connectivity index (χ4n) is 2.67. The number of carbonyl (C=O) groups is 2. The van der Waals surface area contributed by atoms with Gasteiger partial charge in [0.2, 0.25) is 12.3 Å². The van der Waals surface area contributed by atoms with E-state index in [1.807, 2.05) is 0 Å². The van der Waals surface area contributed by atoms with Crippen LogP contribution in [0.4, 0.5) is 5.69 Å². The van der Waals surface area contributed by atoms with Gasteiger partial charge in [0.15, 0.2) is 0 Å². The molecule has 0 aliphatic carbocycles. The number of ether oxygens (including phenoxy) is 1. The van der Waals surface area contributed by atoms with Crippen molar-refractivity contribution < 1.29 is 19.2 Å². The summed E-state index contributed by atoms with van der Waals surface area (Å²) >= 11 is 0. The topological polar surface area (TPSA) is 98.5 Å². The van der Waals surface area contributed by atoms with Gasteiger partial charge in [-0.25, -0.2) is 0 Å². The molecule has 0 saturated heterocycles. The van der Waals surface area contributed by atoms with Gasteiger partial charge < -0.3 is 10.1 Å². The number of hydrogen-bond acceptors (Lipinski definition) is 5. The SMILES string of the molecule is COc1ccc([C@@H](C[N+](=O)[O-])[C@@H](C)C(=O)C(=O)Nc2ccccc2)cc1. The third-order valence-corrected chi connectivity index (χ3v) is 4.16. The van der Waals surface area contributed by atoms with Crippen LogP contribution in [0.3, 0.4) is 0 Å². The summed E-state index contributed by atoms with van der Waals surface area (Å²) in [5, 5.41) is 13.6. The van der Waals surface area contributed by atoms with E-state index < -0.39 is 35.0 Å². The molecule has 136 valence electrons. The summed E-state index contributed by atoms with van der Waals surface area (Å²) in [7, 11) is 1.52. The number of amides is 1. The van der Waals surface area contributed by atoms with Crippen molar-refractivity contribution in [1.82, 2.24) is 0 Å². The first-order valence-corrected chi connectivity index (χ1v) is 8.08. The number of methoxy groups -OCH3 is 1. The van der Waals surface area contributed by atoms with E-state index in [2.05, 4.69) is 5.32 Å². The number of rotatable bonds is 8. The molecule has 7 heteroatoms. The second-order valence-electron chi connectivity index (χ2n) is 5.87. The van der Waals surface area contributed by atoms with Crippen molar-refractivity contribution >= 4 is 17.4 Å². The highest BCUT2D eigenvalue weighted by molar-refractivity contribution is 6.41. The number of anilines is 1. The van der Waals surface area contributed by atoms with Crippen molar-refractivity contribution in [1.29, 1.82) is 0 Å². The van der Waals surface area contributed by atoms with E-state index in [-0.39, 0.29) is 0 Å². The molecule has 0 radical (unpaired) electrons. The van der Waals surface area contributed by atoms with Crippen molar-refractivity contribution in [3.05, 3.63) is 70.3 Å². The molecule has 2 atom stereocenters. The minimum absolute atomic E-state index is 0.447. The van der Waals surface area contributed by atoms with Crippen molar-refractivity contribution in [3.8, 4) is 5.75 Å². The van der Waals surface area contributed by atoms with Gasteiger partial charge in [0, 0.05) is 16.5 Å². The maximum atomic E-state index is 12.5. The van der Waals surface area contributed by atoms with Crippen LogP contribution in [0.15, 0.2) is 54.6 Å². The number of Topliss-reactive ketones (excluding diaryl/α,β-unsaturated/α-hetero) is 1. The number of nitro groups is 1. The Bertz CT molecular complexity index is 774. The van der Waals surface area contributed by atoms with E-state index >= 15 is 0 Å². The van der Waals surface area contributed by atoms with Gasteiger partial charge >= 0.3 is 0 Å². The highest BCUT2D eigenvalue weighted by Crippen LogP contribution is 2.28. The Balaban J connectivity index is 2.18. The van der Waals surface area contributed by atoms with E-state index in [4.69, 9.17) is 4.74 Å². The summed E-state index contributed by atoms with van der Waals surface area (Å²) in [4.78, 5) is 35.3. The molecular formula is C19H20N2O5. The van der Waals surface area contributed by atoms with Crippen LogP contribution < -0.4 is 10.1 Å². The first-order valence-electron chi connectivity index (χ1n) is 8.08. The number of nitrogens with one attached hydrogen (secondary N) is 1. The van der Waals surface area contributed by atoms with Gasteiger partial charge in [0.1, 0.15) is 5.75 Å². The van der Waals surface area contributed by atoms with E-state index in [1.165, 1.54) is 14.0 Å². The predicted octanol–water partition coefficient (Wildman–Crippen LogP) is 2.90. The molecule has 0 aliphatic heterocycles. The lowest BCUT2D eigenvalue weighted by atomic mass is 9.84. The molecule has 0 spiro atoms. The highest BCUT2D eigenvalue weighted by atomic mass is 16.6. The Morgan fingerprint density at radius 2 is 1.73 bits per heavy atom. The largest absolute Gasteiger partial charge is 0.497 e. The van der Waals surface area contributed by atoms with Gasteiger partial charge in [0.25, 0.3) is 5.91 Å². The smallest absolute Gasteiger partial charge is 0.292 e. The number of hydrogen-bond donors (Lipinski definition) is 1. The maximum Gasteiger partial charge on any atom is 0.292 e. The summed E-state index contributed by atoms with van der Waals surface area (Å²) in [6.45, 7) is 1.09. The van der Waals surface area contributed by atoms with Crippen LogP contribution >= 0.6 is 0 Å². The molecule has 0 unspecified atom stereocenters. The van der Waals surface area contributed by atoms with Gasteiger partial charge in [-0.15, -0.1) is 0 Å². The normalized spacial score (nSPS) is 12.7. The third-order valence-electron chi connectivity index (χ3n) is 4.16. The molecule has 0 aliphatic rings.